The van der Waals surface area contributed by atoms with Gasteiger partial charge in [-0.15, -0.1) is 0 Å². The van der Waals surface area contributed by atoms with Crippen molar-refractivity contribution in [2.45, 2.75) is 6.18 Å². The number of benzene rings is 1. The van der Waals surface area contributed by atoms with Crippen LogP contribution in [0.4, 0.5) is 13.2 Å². The summed E-state index contributed by atoms with van der Waals surface area (Å²) < 4.78 is 36.7. The number of carbonyl (C=O) groups excluding carboxylic acids is 1. The zero-order valence-electron chi connectivity index (χ0n) is 8.21. The topological polar surface area (TPSA) is 29.4 Å². The molecule has 1 aromatic carbocycles. The highest BCUT2D eigenvalue weighted by molar-refractivity contribution is 5.65. The van der Waals surface area contributed by atoms with Crippen molar-refractivity contribution >= 4 is 11.7 Å². The molecule has 1 aromatic rings. The van der Waals surface area contributed by atoms with Crippen LogP contribution in [0.25, 0.3) is 5.57 Å². The molecule has 0 saturated carbocycles. The van der Waals surface area contributed by atoms with E-state index in [9.17, 15) is 18.0 Å². The van der Waals surface area contributed by atoms with Crippen LogP contribution < -0.4 is 0 Å². The molecule has 0 N–H and O–H groups in total. The maximum absolute atomic E-state index is 12.2. The van der Waals surface area contributed by atoms with E-state index in [0.29, 0.717) is 11.1 Å². The zero-order chi connectivity index (χ0) is 12.2. The van der Waals surface area contributed by atoms with Crippen molar-refractivity contribution in [3.8, 4) is 0 Å². The average Bonchev–Trinajstić information content (AvgIpc) is 2.25. The van der Waals surface area contributed by atoms with Gasteiger partial charge in [-0.25, -0.2) is 9.79 Å². The molecule has 0 bridgehead atoms. The van der Waals surface area contributed by atoms with Crippen molar-refractivity contribution in [1.29, 1.82) is 0 Å². The number of alkyl halides is 3. The number of hydrogen-bond acceptors (Lipinski definition) is 2. The molecule has 0 aliphatic heterocycles. The maximum Gasteiger partial charge on any atom is 0.416 e. The minimum absolute atomic E-state index is 0.0366. The lowest BCUT2D eigenvalue weighted by atomic mass is 10.1. The van der Waals surface area contributed by atoms with E-state index in [-0.39, 0.29) is 6.54 Å². The van der Waals surface area contributed by atoms with Crippen LogP contribution >= 0.6 is 0 Å². The van der Waals surface area contributed by atoms with E-state index in [1.807, 2.05) is 0 Å². The fourth-order valence-electron chi connectivity index (χ4n) is 1.11. The third-order valence-electron chi connectivity index (χ3n) is 1.95. The summed E-state index contributed by atoms with van der Waals surface area (Å²) in [5.74, 6) is 0. The largest absolute Gasteiger partial charge is 0.416 e. The van der Waals surface area contributed by atoms with Crippen molar-refractivity contribution in [2.24, 2.45) is 4.99 Å². The second kappa shape index (κ2) is 4.77. The summed E-state index contributed by atoms with van der Waals surface area (Å²) >= 11 is 0. The Hall–Kier alpha value is -1.87. The Kier molecular flexibility index (Phi) is 3.64. The summed E-state index contributed by atoms with van der Waals surface area (Å²) in [6, 6.07) is 4.52. The van der Waals surface area contributed by atoms with Gasteiger partial charge in [0.1, 0.15) is 0 Å². The van der Waals surface area contributed by atoms with Crippen LogP contribution in [0.2, 0.25) is 0 Å². The Morgan fingerprint density at radius 1 is 1.31 bits per heavy atom. The molecular formula is C11H8F3NO. The molecule has 0 spiro atoms. The summed E-state index contributed by atoms with van der Waals surface area (Å²) in [5, 5.41) is 0. The average molecular weight is 227 g/mol. The molecular weight excluding hydrogens is 219 g/mol. The van der Waals surface area contributed by atoms with E-state index in [1.165, 1.54) is 18.2 Å². The predicted octanol–water partition coefficient (Wildman–Crippen LogP) is 3.05. The first-order valence-corrected chi connectivity index (χ1v) is 4.34. The number of rotatable bonds is 3. The Balaban J connectivity index is 2.87. The lowest BCUT2D eigenvalue weighted by Crippen LogP contribution is -2.04. The van der Waals surface area contributed by atoms with Crippen molar-refractivity contribution in [2.75, 3.05) is 6.54 Å². The van der Waals surface area contributed by atoms with Crippen molar-refractivity contribution in [1.82, 2.24) is 0 Å². The van der Waals surface area contributed by atoms with Gasteiger partial charge in [-0.3, -0.25) is 0 Å². The molecule has 1 rings (SSSR count). The van der Waals surface area contributed by atoms with Gasteiger partial charge in [0.25, 0.3) is 0 Å². The number of isocyanates is 1. The fraction of sp³-hybridized carbons (Fsp3) is 0.182. The molecule has 2 nitrogen and oxygen atoms in total. The van der Waals surface area contributed by atoms with E-state index in [1.54, 1.807) is 0 Å². The Morgan fingerprint density at radius 3 is 2.31 bits per heavy atom. The van der Waals surface area contributed by atoms with Crippen LogP contribution in [-0.2, 0) is 11.0 Å². The Bertz CT molecular complexity index is 428. The van der Waals surface area contributed by atoms with Gasteiger partial charge in [0.05, 0.1) is 12.1 Å². The third-order valence-corrected chi connectivity index (χ3v) is 1.95. The van der Waals surface area contributed by atoms with E-state index >= 15 is 0 Å². The second-order valence-electron chi connectivity index (χ2n) is 3.09. The first-order chi connectivity index (χ1) is 7.45. The summed E-state index contributed by atoms with van der Waals surface area (Å²) in [4.78, 5) is 13.1. The summed E-state index contributed by atoms with van der Waals surface area (Å²) in [6.07, 6.45) is -3.01. The first-order valence-electron chi connectivity index (χ1n) is 4.34. The highest BCUT2D eigenvalue weighted by Gasteiger charge is 2.29. The minimum atomic E-state index is -4.35. The van der Waals surface area contributed by atoms with Gasteiger partial charge in [0.2, 0.25) is 6.08 Å². The summed E-state index contributed by atoms with van der Waals surface area (Å²) in [5.41, 5.74) is 0.270. The van der Waals surface area contributed by atoms with Crippen molar-refractivity contribution in [3.63, 3.8) is 0 Å². The molecule has 0 aliphatic carbocycles. The van der Waals surface area contributed by atoms with Gasteiger partial charge >= 0.3 is 6.18 Å². The van der Waals surface area contributed by atoms with E-state index in [0.717, 1.165) is 12.1 Å². The zero-order valence-corrected chi connectivity index (χ0v) is 8.21. The molecule has 0 heterocycles. The number of aliphatic imine (C=N–C) groups is 1. The van der Waals surface area contributed by atoms with Crippen molar-refractivity contribution < 1.29 is 18.0 Å². The Morgan fingerprint density at radius 2 is 1.88 bits per heavy atom. The predicted molar refractivity (Wildman–Crippen MR) is 53.5 cm³/mol. The number of hydrogen-bond donors (Lipinski definition) is 0. The SMILES string of the molecule is C=C(CN=C=O)c1ccc(C(F)(F)F)cc1. The van der Waals surface area contributed by atoms with E-state index < -0.39 is 11.7 Å². The molecule has 0 aliphatic rings. The summed E-state index contributed by atoms with van der Waals surface area (Å²) in [7, 11) is 0. The Labute approximate surface area is 90.1 Å². The van der Waals surface area contributed by atoms with Gasteiger partial charge in [-0.2, -0.15) is 13.2 Å². The lowest BCUT2D eigenvalue weighted by Gasteiger charge is -2.07. The fourth-order valence-corrected chi connectivity index (χ4v) is 1.11. The quantitative estimate of drug-likeness (QED) is 0.576. The maximum atomic E-state index is 12.2. The summed E-state index contributed by atoms with van der Waals surface area (Å²) in [6.45, 7) is 3.64. The van der Waals surface area contributed by atoms with Crippen LogP contribution in [0.15, 0.2) is 35.8 Å². The van der Waals surface area contributed by atoms with Crippen LogP contribution in [0.1, 0.15) is 11.1 Å². The molecule has 0 unspecified atom stereocenters. The second-order valence-corrected chi connectivity index (χ2v) is 3.09. The van der Waals surface area contributed by atoms with Crippen LogP contribution in [-0.4, -0.2) is 12.6 Å². The first kappa shape index (κ1) is 12.2. The minimum Gasteiger partial charge on any atom is -0.211 e. The third kappa shape index (κ3) is 3.07. The van der Waals surface area contributed by atoms with Gasteiger partial charge in [-0.1, -0.05) is 18.7 Å². The smallest absolute Gasteiger partial charge is 0.211 e. The van der Waals surface area contributed by atoms with E-state index in [2.05, 4.69) is 11.6 Å². The van der Waals surface area contributed by atoms with Crippen LogP contribution in [0, 0.1) is 0 Å². The monoisotopic (exact) mass is 227 g/mol. The number of nitrogens with zero attached hydrogens (tertiary/aromatic N) is 1. The van der Waals surface area contributed by atoms with Crippen LogP contribution in [0.5, 0.6) is 0 Å². The highest BCUT2D eigenvalue weighted by atomic mass is 19.4. The van der Waals surface area contributed by atoms with Crippen LogP contribution in [0.3, 0.4) is 0 Å². The van der Waals surface area contributed by atoms with Gasteiger partial charge in [0, 0.05) is 0 Å². The molecule has 0 fully saturated rings. The number of halogens is 3. The highest BCUT2D eigenvalue weighted by Crippen LogP contribution is 2.29. The molecule has 0 saturated heterocycles. The molecule has 84 valence electrons. The molecule has 0 radical (unpaired) electrons. The molecule has 0 atom stereocenters. The lowest BCUT2D eigenvalue weighted by molar-refractivity contribution is -0.137. The molecule has 0 aromatic heterocycles. The molecule has 5 heteroatoms. The van der Waals surface area contributed by atoms with E-state index in [4.69, 9.17) is 0 Å². The van der Waals surface area contributed by atoms with Gasteiger partial charge < -0.3 is 0 Å². The van der Waals surface area contributed by atoms with Crippen molar-refractivity contribution in [3.05, 3.63) is 42.0 Å². The van der Waals surface area contributed by atoms with Gasteiger partial charge in [-0.05, 0) is 23.3 Å². The molecule has 0 amide bonds. The standard InChI is InChI=1S/C11H8F3NO/c1-8(6-15-7-16)9-2-4-10(5-3-9)11(12,13)14/h2-5H,1,6H2. The normalized spacial score (nSPS) is 10.7. The molecule has 16 heavy (non-hydrogen) atoms. The van der Waals surface area contributed by atoms with Gasteiger partial charge in [0.15, 0.2) is 0 Å².